The van der Waals surface area contributed by atoms with Crippen LogP contribution in [0.1, 0.15) is 66.9 Å². The quantitative estimate of drug-likeness (QED) is 0.454. The lowest BCUT2D eigenvalue weighted by Crippen LogP contribution is -2.49. The summed E-state index contributed by atoms with van der Waals surface area (Å²) in [4.78, 5) is 27.0. The Morgan fingerprint density at radius 1 is 1.12 bits per heavy atom. The number of halogens is 1. The van der Waals surface area contributed by atoms with E-state index in [0.717, 1.165) is 44.8 Å². The van der Waals surface area contributed by atoms with E-state index in [1.54, 1.807) is 30.3 Å². The van der Waals surface area contributed by atoms with Crippen molar-refractivity contribution in [3.8, 4) is 0 Å². The number of fused-ring (bicyclic) bond motifs is 2. The van der Waals surface area contributed by atoms with Gasteiger partial charge in [-0.2, -0.15) is 0 Å². The van der Waals surface area contributed by atoms with Crippen molar-refractivity contribution >= 4 is 33.0 Å². The smallest absolute Gasteiger partial charge is 0.251 e. The van der Waals surface area contributed by atoms with Gasteiger partial charge in [0.05, 0.1) is 5.75 Å². The normalized spacial score (nSPS) is 22.7. The van der Waals surface area contributed by atoms with Gasteiger partial charge in [0.15, 0.2) is 9.84 Å². The van der Waals surface area contributed by atoms with E-state index < -0.39 is 27.7 Å². The zero-order valence-electron chi connectivity index (χ0n) is 23.1. The zero-order valence-corrected chi connectivity index (χ0v) is 23.9. The van der Waals surface area contributed by atoms with Crippen molar-refractivity contribution in [2.24, 2.45) is 11.8 Å². The molecule has 2 aliphatic heterocycles. The lowest BCUT2D eigenvalue weighted by Gasteiger charge is -2.33. The number of hydrogen-bond acceptors (Lipinski definition) is 6. The summed E-state index contributed by atoms with van der Waals surface area (Å²) in [5.41, 5.74) is 2.20. The van der Waals surface area contributed by atoms with Gasteiger partial charge in [-0.25, -0.2) is 12.8 Å². The molecule has 2 heterocycles. The maximum absolute atomic E-state index is 15.5. The van der Waals surface area contributed by atoms with Crippen molar-refractivity contribution < 1.29 is 27.1 Å². The monoisotopic (exact) mass is 571 g/mol. The number of ether oxygens (including phenoxy) is 1. The van der Waals surface area contributed by atoms with Crippen molar-refractivity contribution in [3.63, 3.8) is 0 Å². The van der Waals surface area contributed by atoms with Crippen LogP contribution in [0.2, 0.25) is 0 Å². The Morgan fingerprint density at radius 2 is 1.85 bits per heavy atom. The lowest BCUT2D eigenvalue weighted by molar-refractivity contribution is -0.119. The number of hydrogen-bond donors (Lipinski definition) is 3. The maximum Gasteiger partial charge on any atom is 0.251 e. The molecule has 0 radical (unpaired) electrons. The SMILES string of the molecule is CS(=O)(=O)Cc1cccc(C(=O)NC(C(=O)Nc2cc(F)c3c(c2)NCC32CCOCC2)[C@H]2CC[C@H](C)CC2)c1. The molecule has 1 unspecified atom stereocenters. The van der Waals surface area contributed by atoms with Gasteiger partial charge in [-0.3, -0.25) is 9.59 Å². The van der Waals surface area contributed by atoms with Crippen molar-refractivity contribution in [3.05, 3.63) is 58.9 Å². The molecule has 2 aromatic rings. The zero-order chi connectivity index (χ0) is 28.5. The first kappa shape index (κ1) is 28.5. The number of carbonyl (C=O) groups is 2. The first-order valence-corrected chi connectivity index (χ1v) is 16.1. The second-order valence-corrected chi connectivity index (χ2v) is 14.0. The van der Waals surface area contributed by atoms with Crippen LogP contribution >= 0.6 is 0 Å². The summed E-state index contributed by atoms with van der Waals surface area (Å²) < 4.78 is 44.5. The number of benzene rings is 2. The second kappa shape index (κ2) is 11.5. The van der Waals surface area contributed by atoms with Crippen molar-refractivity contribution in [2.75, 3.05) is 36.6 Å². The molecule has 3 N–H and O–H groups in total. The Morgan fingerprint density at radius 3 is 2.55 bits per heavy atom. The van der Waals surface area contributed by atoms with Crippen LogP contribution < -0.4 is 16.0 Å². The molecule has 8 nitrogen and oxygen atoms in total. The molecule has 1 atom stereocenters. The Hall–Kier alpha value is -2.98. The van der Waals surface area contributed by atoms with E-state index in [4.69, 9.17) is 4.74 Å². The summed E-state index contributed by atoms with van der Waals surface area (Å²) >= 11 is 0. The molecular weight excluding hydrogens is 533 g/mol. The standard InChI is InChI=1S/C30H38FN3O5S/c1-19-6-8-21(9-7-19)27(34-28(35)22-5-3-4-20(14-22)17-40(2,37)38)29(36)33-23-15-24(31)26-25(16-23)32-18-30(26)10-12-39-13-11-30/h3-5,14-16,19,21,27,32H,6-13,17-18H2,1-2H3,(H,33,36)(H,34,35)/t19-,21-,27?. The molecule has 1 aliphatic carbocycles. The van der Waals surface area contributed by atoms with Gasteiger partial charge in [0, 0.05) is 53.9 Å². The number of amides is 2. The van der Waals surface area contributed by atoms with Gasteiger partial charge in [-0.1, -0.05) is 31.9 Å². The number of anilines is 2. The molecule has 1 saturated carbocycles. The van der Waals surface area contributed by atoms with Crippen LogP contribution in [0.5, 0.6) is 0 Å². The van der Waals surface area contributed by atoms with E-state index in [-0.39, 0.29) is 28.5 Å². The average Bonchev–Trinajstić information content (AvgIpc) is 3.25. The first-order valence-electron chi connectivity index (χ1n) is 14.1. The molecule has 0 aromatic heterocycles. The minimum Gasteiger partial charge on any atom is -0.384 e. The predicted molar refractivity (Wildman–Crippen MR) is 153 cm³/mol. The summed E-state index contributed by atoms with van der Waals surface area (Å²) in [6.45, 7) is 4.01. The molecule has 0 bridgehead atoms. The number of rotatable bonds is 7. The highest BCUT2D eigenvalue weighted by molar-refractivity contribution is 7.89. The molecule has 1 saturated heterocycles. The van der Waals surface area contributed by atoms with E-state index in [1.807, 2.05) is 0 Å². The van der Waals surface area contributed by atoms with Crippen LogP contribution in [0.4, 0.5) is 15.8 Å². The highest BCUT2D eigenvalue weighted by Crippen LogP contribution is 2.46. The summed E-state index contributed by atoms with van der Waals surface area (Å²) in [5.74, 6) is -0.879. The maximum atomic E-state index is 15.5. The number of carbonyl (C=O) groups excluding carboxylic acids is 2. The van der Waals surface area contributed by atoms with Gasteiger partial charge in [-0.05, 0) is 67.3 Å². The summed E-state index contributed by atoms with van der Waals surface area (Å²) in [7, 11) is -3.27. The van der Waals surface area contributed by atoms with E-state index in [0.29, 0.717) is 48.2 Å². The largest absolute Gasteiger partial charge is 0.384 e. The summed E-state index contributed by atoms with van der Waals surface area (Å²) in [6.07, 6.45) is 6.13. The second-order valence-electron chi connectivity index (χ2n) is 11.9. The fourth-order valence-electron chi connectivity index (χ4n) is 6.47. The van der Waals surface area contributed by atoms with E-state index in [9.17, 15) is 18.0 Å². The molecule has 2 amide bonds. The van der Waals surface area contributed by atoms with Crippen LogP contribution in [0.3, 0.4) is 0 Å². The van der Waals surface area contributed by atoms with Gasteiger partial charge in [-0.15, -0.1) is 0 Å². The highest BCUT2D eigenvalue weighted by atomic mass is 32.2. The van der Waals surface area contributed by atoms with Crippen molar-refractivity contribution in [2.45, 2.75) is 62.7 Å². The predicted octanol–water partition coefficient (Wildman–Crippen LogP) is 4.41. The van der Waals surface area contributed by atoms with Gasteiger partial charge < -0.3 is 20.7 Å². The number of nitrogens with one attached hydrogen (secondary N) is 3. The van der Waals surface area contributed by atoms with Crippen LogP contribution in [0.15, 0.2) is 36.4 Å². The summed E-state index contributed by atoms with van der Waals surface area (Å²) in [6, 6.07) is 8.78. The van der Waals surface area contributed by atoms with Gasteiger partial charge in [0.2, 0.25) is 5.91 Å². The van der Waals surface area contributed by atoms with Gasteiger partial charge >= 0.3 is 0 Å². The minimum absolute atomic E-state index is 0.0674. The van der Waals surface area contributed by atoms with Crippen LogP contribution in [-0.4, -0.2) is 52.3 Å². The van der Waals surface area contributed by atoms with Gasteiger partial charge in [0.1, 0.15) is 11.9 Å². The summed E-state index contributed by atoms with van der Waals surface area (Å²) in [5, 5.41) is 9.12. The lowest BCUT2D eigenvalue weighted by atomic mass is 9.75. The molecule has 5 rings (SSSR count). The Balaban J connectivity index is 1.36. The average molecular weight is 572 g/mol. The van der Waals surface area contributed by atoms with Crippen LogP contribution in [0, 0.1) is 17.7 Å². The Kier molecular flexibility index (Phi) is 8.20. The van der Waals surface area contributed by atoms with E-state index in [2.05, 4.69) is 22.9 Å². The third-order valence-electron chi connectivity index (χ3n) is 8.67. The van der Waals surface area contributed by atoms with E-state index >= 15 is 4.39 Å². The molecule has 2 aromatic carbocycles. The van der Waals surface area contributed by atoms with Gasteiger partial charge in [0.25, 0.3) is 5.91 Å². The van der Waals surface area contributed by atoms with E-state index in [1.165, 1.54) is 6.07 Å². The third kappa shape index (κ3) is 6.33. The first-order chi connectivity index (χ1) is 19.0. The van der Waals surface area contributed by atoms with Crippen LogP contribution in [0.25, 0.3) is 0 Å². The Labute approximate surface area is 235 Å². The van der Waals surface area contributed by atoms with Crippen LogP contribution in [-0.2, 0) is 30.5 Å². The molecular formula is C30H38FN3O5S. The highest BCUT2D eigenvalue weighted by Gasteiger charge is 2.43. The molecule has 1 spiro atoms. The molecule has 216 valence electrons. The Bertz CT molecular complexity index is 1380. The fraction of sp³-hybridized carbons (Fsp3) is 0.533. The van der Waals surface area contributed by atoms with Crippen molar-refractivity contribution in [1.82, 2.24) is 5.32 Å². The molecule has 2 fully saturated rings. The topological polar surface area (TPSA) is 114 Å². The molecule has 10 heteroatoms. The third-order valence-corrected chi connectivity index (χ3v) is 9.53. The van der Waals surface area contributed by atoms with Crippen molar-refractivity contribution in [1.29, 1.82) is 0 Å². The molecule has 3 aliphatic rings. The minimum atomic E-state index is -3.27. The number of sulfone groups is 1. The molecule has 40 heavy (non-hydrogen) atoms. The fourth-order valence-corrected chi connectivity index (χ4v) is 7.25.